The molecule has 21 heavy (non-hydrogen) atoms. The van der Waals surface area contributed by atoms with Crippen LogP contribution in [0.5, 0.6) is 0 Å². The number of amides is 1. The van der Waals surface area contributed by atoms with Crippen LogP contribution in [0.15, 0.2) is 53.5 Å². The van der Waals surface area contributed by atoms with E-state index in [1.165, 1.54) is 11.3 Å². The SMILES string of the molecule is CCn1c(=NC(=O)c2cccc(Cl)c2)sc2ccccc21. The van der Waals surface area contributed by atoms with E-state index in [4.69, 9.17) is 11.6 Å². The van der Waals surface area contributed by atoms with Gasteiger partial charge in [-0.1, -0.05) is 41.1 Å². The van der Waals surface area contributed by atoms with Crippen LogP contribution in [-0.4, -0.2) is 10.5 Å². The van der Waals surface area contributed by atoms with E-state index in [1.807, 2.05) is 35.8 Å². The third-order valence-electron chi connectivity index (χ3n) is 3.17. The van der Waals surface area contributed by atoms with Crippen molar-refractivity contribution in [3.63, 3.8) is 0 Å². The Hall–Kier alpha value is -1.91. The second-order valence-corrected chi connectivity index (χ2v) is 5.97. The smallest absolute Gasteiger partial charge is 0.279 e. The minimum atomic E-state index is -0.272. The molecule has 0 spiro atoms. The molecule has 1 amide bonds. The fraction of sp³-hybridized carbons (Fsp3) is 0.125. The van der Waals surface area contributed by atoms with Crippen LogP contribution in [0, 0.1) is 0 Å². The zero-order valence-electron chi connectivity index (χ0n) is 11.4. The molecule has 1 aromatic heterocycles. The molecule has 106 valence electrons. The number of rotatable bonds is 2. The van der Waals surface area contributed by atoms with Crippen LogP contribution in [0.3, 0.4) is 0 Å². The number of aromatic nitrogens is 1. The van der Waals surface area contributed by atoms with Gasteiger partial charge in [0.25, 0.3) is 5.91 Å². The average Bonchev–Trinajstić information content (AvgIpc) is 2.84. The van der Waals surface area contributed by atoms with Crippen molar-refractivity contribution < 1.29 is 4.79 Å². The van der Waals surface area contributed by atoms with Gasteiger partial charge in [-0.05, 0) is 37.3 Å². The third-order valence-corrected chi connectivity index (χ3v) is 4.47. The van der Waals surface area contributed by atoms with E-state index in [-0.39, 0.29) is 5.91 Å². The molecule has 0 saturated carbocycles. The van der Waals surface area contributed by atoms with Gasteiger partial charge in [0.15, 0.2) is 4.80 Å². The van der Waals surface area contributed by atoms with Crippen molar-refractivity contribution in [3.8, 4) is 0 Å². The van der Waals surface area contributed by atoms with Crippen LogP contribution in [0.2, 0.25) is 5.02 Å². The van der Waals surface area contributed by atoms with Crippen LogP contribution < -0.4 is 4.80 Å². The first-order chi connectivity index (χ1) is 10.2. The van der Waals surface area contributed by atoms with Gasteiger partial charge in [0.05, 0.1) is 10.2 Å². The van der Waals surface area contributed by atoms with Crippen LogP contribution in [0.1, 0.15) is 17.3 Å². The van der Waals surface area contributed by atoms with Crippen LogP contribution in [0.4, 0.5) is 0 Å². The minimum Gasteiger partial charge on any atom is -0.317 e. The Morgan fingerprint density at radius 1 is 1.24 bits per heavy atom. The number of carbonyl (C=O) groups is 1. The van der Waals surface area contributed by atoms with Crippen molar-refractivity contribution in [1.82, 2.24) is 4.57 Å². The van der Waals surface area contributed by atoms with Crippen molar-refractivity contribution in [2.45, 2.75) is 13.5 Å². The molecule has 0 aliphatic carbocycles. The zero-order valence-corrected chi connectivity index (χ0v) is 13.0. The third kappa shape index (κ3) is 2.77. The quantitative estimate of drug-likeness (QED) is 0.700. The molecule has 3 rings (SSSR count). The van der Waals surface area contributed by atoms with Crippen LogP contribution >= 0.6 is 22.9 Å². The minimum absolute atomic E-state index is 0.272. The molecule has 0 radical (unpaired) electrons. The van der Waals surface area contributed by atoms with Gasteiger partial charge in [0, 0.05) is 17.1 Å². The van der Waals surface area contributed by atoms with E-state index < -0.39 is 0 Å². The zero-order chi connectivity index (χ0) is 14.8. The Labute approximate surface area is 131 Å². The number of carbonyl (C=O) groups excluding carboxylic acids is 1. The molecule has 0 aliphatic rings. The number of benzene rings is 2. The topological polar surface area (TPSA) is 34.4 Å². The summed E-state index contributed by atoms with van der Waals surface area (Å²) in [6.45, 7) is 2.81. The number of hydrogen-bond donors (Lipinski definition) is 0. The Bertz CT molecular complexity index is 879. The van der Waals surface area contributed by atoms with Crippen LogP contribution in [0.25, 0.3) is 10.2 Å². The highest BCUT2D eigenvalue weighted by Crippen LogP contribution is 2.17. The summed E-state index contributed by atoms with van der Waals surface area (Å²) in [6.07, 6.45) is 0. The number of fused-ring (bicyclic) bond motifs is 1. The van der Waals surface area contributed by atoms with E-state index >= 15 is 0 Å². The first kappa shape index (κ1) is 14.0. The van der Waals surface area contributed by atoms with Gasteiger partial charge in [-0.3, -0.25) is 4.79 Å². The maximum Gasteiger partial charge on any atom is 0.279 e. The van der Waals surface area contributed by atoms with Crippen molar-refractivity contribution in [2.24, 2.45) is 4.99 Å². The molecule has 3 nitrogen and oxygen atoms in total. The normalized spacial score (nSPS) is 12.0. The highest BCUT2D eigenvalue weighted by atomic mass is 35.5. The Kier molecular flexibility index (Phi) is 3.90. The molecule has 2 aromatic carbocycles. The molecule has 0 unspecified atom stereocenters. The van der Waals surface area contributed by atoms with E-state index in [9.17, 15) is 4.79 Å². The summed E-state index contributed by atoms with van der Waals surface area (Å²) in [5.74, 6) is -0.272. The molecular weight excluding hydrogens is 304 g/mol. The van der Waals surface area contributed by atoms with Gasteiger partial charge in [0.2, 0.25) is 0 Å². The molecule has 5 heteroatoms. The van der Waals surface area contributed by atoms with Crippen molar-refractivity contribution in [1.29, 1.82) is 0 Å². The van der Waals surface area contributed by atoms with Gasteiger partial charge in [-0.2, -0.15) is 4.99 Å². The summed E-state index contributed by atoms with van der Waals surface area (Å²) in [4.78, 5) is 17.3. The number of hydrogen-bond acceptors (Lipinski definition) is 2. The van der Waals surface area contributed by atoms with E-state index in [2.05, 4.69) is 4.99 Å². The summed E-state index contributed by atoms with van der Waals surface area (Å²) in [7, 11) is 0. The van der Waals surface area contributed by atoms with Gasteiger partial charge in [-0.25, -0.2) is 0 Å². The number of thiazole rings is 1. The maximum absolute atomic E-state index is 12.3. The molecule has 0 bridgehead atoms. The lowest BCUT2D eigenvalue weighted by Crippen LogP contribution is -2.15. The number of halogens is 1. The number of aryl methyl sites for hydroxylation is 1. The van der Waals surface area contributed by atoms with Crippen molar-refractivity contribution in [3.05, 3.63) is 63.9 Å². The summed E-state index contributed by atoms with van der Waals surface area (Å²) >= 11 is 7.44. The standard InChI is InChI=1S/C16H13ClN2OS/c1-2-19-13-8-3-4-9-14(13)21-16(19)18-15(20)11-6-5-7-12(17)10-11/h3-10H,2H2,1H3. The monoisotopic (exact) mass is 316 g/mol. The Balaban J connectivity index is 2.13. The number of para-hydroxylation sites is 1. The predicted molar refractivity (Wildman–Crippen MR) is 86.8 cm³/mol. The van der Waals surface area contributed by atoms with Crippen LogP contribution in [-0.2, 0) is 6.54 Å². The van der Waals surface area contributed by atoms with Crippen molar-refractivity contribution >= 4 is 39.1 Å². The van der Waals surface area contributed by atoms with Gasteiger partial charge >= 0.3 is 0 Å². The van der Waals surface area contributed by atoms with E-state index in [0.29, 0.717) is 15.4 Å². The first-order valence-corrected chi connectivity index (χ1v) is 7.81. The highest BCUT2D eigenvalue weighted by Gasteiger charge is 2.08. The molecule has 1 heterocycles. The summed E-state index contributed by atoms with van der Waals surface area (Å²) in [5.41, 5.74) is 1.60. The van der Waals surface area contributed by atoms with Gasteiger partial charge < -0.3 is 4.57 Å². The molecule has 0 aliphatic heterocycles. The second-order valence-electron chi connectivity index (χ2n) is 4.52. The van der Waals surface area contributed by atoms with Gasteiger partial charge in [-0.15, -0.1) is 0 Å². The lowest BCUT2D eigenvalue weighted by atomic mass is 10.2. The fourth-order valence-electron chi connectivity index (χ4n) is 2.18. The molecule has 0 fully saturated rings. The van der Waals surface area contributed by atoms with E-state index in [1.54, 1.807) is 24.3 Å². The second kappa shape index (κ2) is 5.84. The van der Waals surface area contributed by atoms with Crippen molar-refractivity contribution in [2.75, 3.05) is 0 Å². The molecule has 3 aromatic rings. The fourth-order valence-corrected chi connectivity index (χ4v) is 3.47. The average molecular weight is 317 g/mol. The maximum atomic E-state index is 12.3. The highest BCUT2D eigenvalue weighted by molar-refractivity contribution is 7.16. The summed E-state index contributed by atoms with van der Waals surface area (Å²) < 4.78 is 3.17. The molecule has 0 atom stereocenters. The lowest BCUT2D eigenvalue weighted by molar-refractivity contribution is 0.0998. The number of nitrogens with zero attached hydrogens (tertiary/aromatic N) is 2. The lowest BCUT2D eigenvalue weighted by Gasteiger charge is -2.00. The first-order valence-electron chi connectivity index (χ1n) is 6.62. The molecular formula is C16H13ClN2OS. The Morgan fingerprint density at radius 2 is 2.05 bits per heavy atom. The summed E-state index contributed by atoms with van der Waals surface area (Å²) in [6, 6.07) is 14.9. The van der Waals surface area contributed by atoms with E-state index in [0.717, 1.165) is 16.8 Å². The van der Waals surface area contributed by atoms with Gasteiger partial charge in [0.1, 0.15) is 0 Å². The Morgan fingerprint density at radius 3 is 2.81 bits per heavy atom. The predicted octanol–water partition coefficient (Wildman–Crippen LogP) is 4.12. The largest absolute Gasteiger partial charge is 0.317 e. The molecule has 0 N–H and O–H groups in total. The summed E-state index contributed by atoms with van der Waals surface area (Å²) in [5, 5.41) is 0.538. The molecule has 0 saturated heterocycles.